The van der Waals surface area contributed by atoms with Gasteiger partial charge in [-0.25, -0.2) is 0 Å². The van der Waals surface area contributed by atoms with Crippen molar-refractivity contribution in [2.75, 3.05) is 13.7 Å². The minimum Gasteiger partial charge on any atom is -0.376 e. The van der Waals surface area contributed by atoms with Gasteiger partial charge >= 0.3 is 0 Å². The van der Waals surface area contributed by atoms with E-state index in [1.165, 1.54) is 0 Å². The van der Waals surface area contributed by atoms with Crippen LogP contribution >= 0.6 is 0 Å². The third kappa shape index (κ3) is 3.27. The maximum absolute atomic E-state index is 5.87. The van der Waals surface area contributed by atoms with Gasteiger partial charge in [0.15, 0.2) is 12.1 Å². The summed E-state index contributed by atoms with van der Waals surface area (Å²) in [6.07, 6.45) is -0.928. The predicted octanol–water partition coefficient (Wildman–Crippen LogP) is 2.09. The molecule has 1 aromatic carbocycles. The molecule has 2 fully saturated rings. The molecule has 2 aliphatic heterocycles. The van der Waals surface area contributed by atoms with E-state index in [0.29, 0.717) is 13.2 Å². The van der Waals surface area contributed by atoms with Gasteiger partial charge in [0, 0.05) is 7.11 Å². The highest BCUT2D eigenvalue weighted by molar-refractivity contribution is 5.13. The molecule has 0 aliphatic carbocycles. The molecule has 0 aromatic heterocycles. The second-order valence-electron chi connectivity index (χ2n) is 5.84. The molecule has 0 radical (unpaired) electrons. The quantitative estimate of drug-likeness (QED) is 0.832. The number of ether oxygens (including phenoxy) is 5. The Kier molecular flexibility index (Phi) is 4.28. The van der Waals surface area contributed by atoms with Crippen molar-refractivity contribution in [1.82, 2.24) is 0 Å². The van der Waals surface area contributed by atoms with Gasteiger partial charge in [-0.05, 0) is 19.4 Å². The molecule has 2 aliphatic rings. The lowest BCUT2D eigenvalue weighted by Crippen LogP contribution is -2.38. The van der Waals surface area contributed by atoms with Crippen LogP contribution in [0.3, 0.4) is 0 Å². The van der Waals surface area contributed by atoms with Crippen molar-refractivity contribution in [3.8, 4) is 0 Å². The normalized spacial score (nSPS) is 34.0. The van der Waals surface area contributed by atoms with Crippen LogP contribution in [0.25, 0.3) is 0 Å². The van der Waals surface area contributed by atoms with Crippen LogP contribution in [-0.4, -0.2) is 44.1 Å². The van der Waals surface area contributed by atoms with E-state index in [1.807, 2.05) is 44.2 Å². The number of hydrogen-bond donors (Lipinski definition) is 0. The van der Waals surface area contributed by atoms with Gasteiger partial charge in [0.25, 0.3) is 0 Å². The summed E-state index contributed by atoms with van der Waals surface area (Å²) in [6.45, 7) is 4.76. The van der Waals surface area contributed by atoms with Crippen molar-refractivity contribution in [2.24, 2.45) is 0 Å². The summed E-state index contributed by atoms with van der Waals surface area (Å²) in [7, 11) is 1.66. The molecule has 5 nitrogen and oxygen atoms in total. The first-order chi connectivity index (χ1) is 10.1. The van der Waals surface area contributed by atoms with E-state index in [2.05, 4.69) is 0 Å². The SMILES string of the molecule is CO[C@H]1[C@H]2OC(C)(C)O[C@H]2O[C@@H]1COCc1ccccc1. The van der Waals surface area contributed by atoms with E-state index >= 15 is 0 Å². The molecule has 0 unspecified atom stereocenters. The number of benzene rings is 1. The summed E-state index contributed by atoms with van der Waals surface area (Å²) in [6, 6.07) is 10.1. The van der Waals surface area contributed by atoms with Crippen LogP contribution in [0.4, 0.5) is 0 Å². The second kappa shape index (κ2) is 6.02. The molecule has 2 saturated heterocycles. The molecular formula is C16H22O5. The molecule has 116 valence electrons. The molecule has 2 heterocycles. The van der Waals surface area contributed by atoms with Gasteiger partial charge in [-0.2, -0.15) is 0 Å². The second-order valence-corrected chi connectivity index (χ2v) is 5.84. The van der Waals surface area contributed by atoms with Crippen LogP contribution in [0, 0.1) is 0 Å². The Balaban J connectivity index is 1.53. The Hall–Kier alpha value is -0.980. The average Bonchev–Trinajstić information content (AvgIpc) is 2.91. The molecule has 5 heteroatoms. The lowest BCUT2D eigenvalue weighted by atomic mass is 10.1. The molecule has 3 rings (SSSR count). The first kappa shape index (κ1) is 14.9. The van der Waals surface area contributed by atoms with E-state index in [1.54, 1.807) is 7.11 Å². The smallest absolute Gasteiger partial charge is 0.190 e. The van der Waals surface area contributed by atoms with Crippen molar-refractivity contribution >= 4 is 0 Å². The zero-order chi connectivity index (χ0) is 14.9. The van der Waals surface area contributed by atoms with Gasteiger partial charge in [0.05, 0.1) is 13.2 Å². The first-order valence-electron chi connectivity index (χ1n) is 7.24. The van der Waals surface area contributed by atoms with Gasteiger partial charge in [0.1, 0.15) is 18.3 Å². The number of rotatable bonds is 5. The summed E-state index contributed by atoms with van der Waals surface area (Å²) >= 11 is 0. The summed E-state index contributed by atoms with van der Waals surface area (Å²) in [5.41, 5.74) is 1.14. The highest BCUT2D eigenvalue weighted by atomic mass is 16.8. The molecule has 0 saturated carbocycles. The minimum atomic E-state index is -0.623. The Morgan fingerprint density at radius 2 is 1.90 bits per heavy atom. The van der Waals surface area contributed by atoms with Gasteiger partial charge in [0.2, 0.25) is 0 Å². The highest BCUT2D eigenvalue weighted by Crippen LogP contribution is 2.38. The highest BCUT2D eigenvalue weighted by Gasteiger charge is 2.55. The van der Waals surface area contributed by atoms with Crippen molar-refractivity contribution < 1.29 is 23.7 Å². The number of fused-ring (bicyclic) bond motifs is 1. The molecule has 1 aromatic rings. The van der Waals surface area contributed by atoms with Crippen molar-refractivity contribution in [2.45, 2.75) is 50.8 Å². The molecular weight excluding hydrogens is 272 g/mol. The monoisotopic (exact) mass is 294 g/mol. The van der Waals surface area contributed by atoms with Crippen molar-refractivity contribution in [3.05, 3.63) is 35.9 Å². The summed E-state index contributed by atoms with van der Waals surface area (Å²) < 4.78 is 28.7. The molecule has 0 amide bonds. The van der Waals surface area contributed by atoms with Crippen LogP contribution in [0.2, 0.25) is 0 Å². The van der Waals surface area contributed by atoms with Gasteiger partial charge < -0.3 is 23.7 Å². The largest absolute Gasteiger partial charge is 0.376 e. The Morgan fingerprint density at radius 3 is 2.62 bits per heavy atom. The van der Waals surface area contributed by atoms with Crippen LogP contribution in [0.1, 0.15) is 19.4 Å². The van der Waals surface area contributed by atoms with E-state index in [0.717, 1.165) is 5.56 Å². The van der Waals surface area contributed by atoms with E-state index < -0.39 is 5.79 Å². The van der Waals surface area contributed by atoms with Crippen molar-refractivity contribution in [3.63, 3.8) is 0 Å². The average molecular weight is 294 g/mol. The van der Waals surface area contributed by atoms with Gasteiger partial charge in [-0.3, -0.25) is 0 Å². The van der Waals surface area contributed by atoms with E-state index in [-0.39, 0.29) is 24.6 Å². The molecule has 0 bridgehead atoms. The summed E-state index contributed by atoms with van der Waals surface area (Å²) in [4.78, 5) is 0. The number of hydrogen-bond acceptors (Lipinski definition) is 5. The third-order valence-corrected chi connectivity index (χ3v) is 3.75. The van der Waals surface area contributed by atoms with Gasteiger partial charge in [-0.1, -0.05) is 30.3 Å². The van der Waals surface area contributed by atoms with E-state index in [9.17, 15) is 0 Å². The van der Waals surface area contributed by atoms with Crippen LogP contribution < -0.4 is 0 Å². The first-order valence-corrected chi connectivity index (χ1v) is 7.24. The summed E-state index contributed by atoms with van der Waals surface area (Å²) in [5, 5.41) is 0. The standard InChI is InChI=1S/C16H22O5/c1-16(2)20-14-13(17-3)12(19-15(14)21-16)10-18-9-11-7-5-4-6-8-11/h4-8,12-15H,9-10H2,1-3H3/t12-,13-,14-,15-/m1/s1. The Bertz CT molecular complexity index is 461. The lowest BCUT2D eigenvalue weighted by Gasteiger charge is -2.24. The molecule has 21 heavy (non-hydrogen) atoms. The topological polar surface area (TPSA) is 46.2 Å². The predicted molar refractivity (Wildman–Crippen MR) is 75.6 cm³/mol. The zero-order valence-electron chi connectivity index (χ0n) is 12.7. The molecule has 0 N–H and O–H groups in total. The fourth-order valence-corrected chi connectivity index (χ4v) is 2.83. The molecule has 4 atom stereocenters. The number of methoxy groups -OCH3 is 1. The van der Waals surface area contributed by atoms with Crippen LogP contribution in [-0.2, 0) is 30.3 Å². The Labute approximate surface area is 125 Å². The van der Waals surface area contributed by atoms with Gasteiger partial charge in [-0.15, -0.1) is 0 Å². The van der Waals surface area contributed by atoms with Crippen molar-refractivity contribution in [1.29, 1.82) is 0 Å². The molecule has 0 spiro atoms. The third-order valence-electron chi connectivity index (χ3n) is 3.75. The Morgan fingerprint density at radius 1 is 1.14 bits per heavy atom. The maximum atomic E-state index is 5.87. The fourth-order valence-electron chi connectivity index (χ4n) is 2.83. The summed E-state index contributed by atoms with van der Waals surface area (Å²) in [5.74, 6) is -0.623. The fraction of sp³-hybridized carbons (Fsp3) is 0.625. The maximum Gasteiger partial charge on any atom is 0.190 e. The van der Waals surface area contributed by atoms with Crippen LogP contribution in [0.5, 0.6) is 0 Å². The van der Waals surface area contributed by atoms with E-state index in [4.69, 9.17) is 23.7 Å². The minimum absolute atomic E-state index is 0.174. The van der Waals surface area contributed by atoms with Crippen LogP contribution in [0.15, 0.2) is 30.3 Å². The lowest BCUT2D eigenvalue weighted by molar-refractivity contribution is -0.222. The zero-order valence-corrected chi connectivity index (χ0v) is 12.7.